The van der Waals surface area contributed by atoms with Gasteiger partial charge in [0.25, 0.3) is 0 Å². The molecular weight excluding hydrogens is 118 g/mol. The summed E-state index contributed by atoms with van der Waals surface area (Å²) in [5.74, 6) is 0. The standard InChI is InChI=1S/Al.Ni.H2O.O.H/h;;1H2;;. The fraction of sp³-hybridized carbons (Fsp3) is 0. The molecule has 0 atom stereocenters. The average Bonchev–Trinajstić information content (AvgIpc) is 1.00. The molecule has 0 aromatic heterocycles. The van der Waals surface area contributed by atoms with Crippen LogP contribution >= 0.6 is 0 Å². The second kappa shape index (κ2) is 47.6. The molecule has 0 unspecified atom stereocenters. The van der Waals surface area contributed by atoms with E-state index in [2.05, 4.69) is 0 Å². The Morgan fingerprint density at radius 2 is 1.25 bits per heavy atom. The molecule has 0 aliphatic heterocycles. The molecule has 0 aromatic carbocycles. The second-order valence-electron chi connectivity index (χ2n) is 0. The second-order valence-corrected chi connectivity index (χ2v) is 0. The van der Waals surface area contributed by atoms with Crippen LogP contribution in [-0.2, 0) is 20.3 Å². The van der Waals surface area contributed by atoms with Crippen LogP contribution in [0.1, 0.15) is 0 Å². The molecule has 0 spiro atoms. The Hall–Kier alpha value is 0.786. The van der Waals surface area contributed by atoms with Crippen molar-refractivity contribution in [3.8, 4) is 0 Å². The predicted octanol–water partition coefficient (Wildman–Crippen LogP) is -1.59. The summed E-state index contributed by atoms with van der Waals surface area (Å²) in [5, 5.41) is 0. The molecular formula is H3AlNiO2. The van der Waals surface area contributed by atoms with Gasteiger partial charge in [-0.3, -0.25) is 0 Å². The molecule has 4 heavy (non-hydrogen) atoms. The Morgan fingerprint density at radius 3 is 1.25 bits per heavy atom. The van der Waals surface area contributed by atoms with E-state index in [0.717, 1.165) is 0 Å². The van der Waals surface area contributed by atoms with Crippen LogP contribution in [0.2, 0.25) is 0 Å². The van der Waals surface area contributed by atoms with E-state index >= 15 is 0 Å². The molecule has 0 fully saturated rings. The van der Waals surface area contributed by atoms with E-state index in [9.17, 15) is 0 Å². The van der Waals surface area contributed by atoms with Gasteiger partial charge in [0.2, 0.25) is 0 Å². The average molecular weight is 121 g/mol. The molecule has 0 aliphatic rings. The van der Waals surface area contributed by atoms with Crippen molar-refractivity contribution in [1.29, 1.82) is 0 Å². The van der Waals surface area contributed by atoms with Crippen molar-refractivity contribution >= 4 is 16.2 Å². The zero-order chi connectivity index (χ0) is 2.00. The Kier molecular flexibility index (Phi) is 256. The fourth-order valence-corrected chi connectivity index (χ4v) is 0. The summed E-state index contributed by atoms with van der Waals surface area (Å²) >= 11 is 0.611. The zero-order valence-electron chi connectivity index (χ0n) is 1.93. The zero-order valence-corrected chi connectivity index (χ0v) is 4.33. The van der Waals surface area contributed by atoms with Gasteiger partial charge in [0, 0.05) is 16.5 Å². The first-order valence-electron chi connectivity index (χ1n) is 0.289. The predicted molar refractivity (Wildman–Crippen MR) is 11.4 cm³/mol. The summed E-state index contributed by atoms with van der Waals surface area (Å²) in [7, 11) is 0. The summed E-state index contributed by atoms with van der Waals surface area (Å²) in [6.07, 6.45) is 0. The number of rotatable bonds is 0. The molecule has 0 rings (SSSR count). The molecule has 0 saturated heterocycles. The van der Waals surface area contributed by atoms with Crippen LogP contribution in [0.25, 0.3) is 0 Å². The molecule has 0 heterocycles. The van der Waals surface area contributed by atoms with Gasteiger partial charge in [-0.1, -0.05) is 0 Å². The van der Waals surface area contributed by atoms with E-state index in [1.54, 1.807) is 0 Å². The Labute approximate surface area is 42.4 Å². The monoisotopic (exact) mass is 120 g/mol. The Balaban J connectivity index is -0.00000000500. The van der Waals surface area contributed by atoms with Gasteiger partial charge in [0.05, 0.1) is 0 Å². The summed E-state index contributed by atoms with van der Waals surface area (Å²) < 4.78 is 8.28. The van der Waals surface area contributed by atoms with Crippen molar-refractivity contribution in [3.63, 3.8) is 0 Å². The van der Waals surface area contributed by atoms with Crippen LogP contribution in [-0.4, -0.2) is 21.7 Å². The van der Waals surface area contributed by atoms with E-state index in [4.69, 9.17) is 3.80 Å². The first-order chi connectivity index (χ1) is 1.00. The maximum atomic E-state index is 8.28. The van der Waals surface area contributed by atoms with Crippen LogP contribution < -0.4 is 0 Å². The normalized spacial score (nSPS) is 0.750. The van der Waals surface area contributed by atoms with Crippen LogP contribution in [0.4, 0.5) is 0 Å². The van der Waals surface area contributed by atoms with Crippen LogP contribution in [0.3, 0.4) is 0 Å². The van der Waals surface area contributed by atoms with Gasteiger partial charge >= 0.3 is 20.0 Å². The van der Waals surface area contributed by atoms with Crippen LogP contribution in [0.15, 0.2) is 0 Å². The first-order valence-corrected chi connectivity index (χ1v) is 0.866. The van der Waals surface area contributed by atoms with Crippen molar-refractivity contribution in [2.75, 3.05) is 0 Å². The maximum absolute atomic E-state index is 8.28. The quantitative estimate of drug-likeness (QED) is 0.356. The molecule has 28 valence electrons. The van der Waals surface area contributed by atoms with Crippen LogP contribution in [0.5, 0.6) is 0 Å². The van der Waals surface area contributed by atoms with E-state index in [1.807, 2.05) is 0 Å². The third-order valence-electron chi connectivity index (χ3n) is 0. The van der Waals surface area contributed by atoms with Crippen LogP contribution in [0, 0.1) is 0 Å². The first kappa shape index (κ1) is 21.5. The Morgan fingerprint density at radius 1 is 1.25 bits per heavy atom. The third kappa shape index (κ3) is 14.4. The topological polar surface area (TPSA) is 48.6 Å². The summed E-state index contributed by atoms with van der Waals surface area (Å²) in [6.45, 7) is 0. The SMILES string of the molecule is O.[Ni].[O]=[AlH]. The van der Waals surface area contributed by atoms with E-state index in [-0.39, 0.29) is 22.0 Å². The molecule has 0 aliphatic carbocycles. The van der Waals surface area contributed by atoms with Crippen molar-refractivity contribution < 1.29 is 25.8 Å². The molecule has 0 amide bonds. The third-order valence-corrected chi connectivity index (χ3v) is 0. The van der Waals surface area contributed by atoms with E-state index < -0.39 is 0 Å². The molecule has 0 bridgehead atoms. The minimum absolute atomic E-state index is 0. The van der Waals surface area contributed by atoms with Gasteiger partial charge in [-0.25, -0.2) is 0 Å². The molecule has 2 N–H and O–H groups in total. The van der Waals surface area contributed by atoms with Gasteiger partial charge in [0.1, 0.15) is 0 Å². The van der Waals surface area contributed by atoms with Gasteiger partial charge in [-0.05, 0) is 0 Å². The minimum atomic E-state index is 0. The molecule has 0 aromatic rings. The van der Waals surface area contributed by atoms with Crippen molar-refractivity contribution in [1.82, 2.24) is 0 Å². The van der Waals surface area contributed by atoms with E-state index in [1.165, 1.54) is 0 Å². The van der Waals surface area contributed by atoms with Gasteiger partial charge < -0.3 is 5.48 Å². The summed E-state index contributed by atoms with van der Waals surface area (Å²) in [4.78, 5) is 0. The molecule has 4 heteroatoms. The molecule has 0 saturated carbocycles. The Bertz CT molecular complexity index is 6.00. The number of hydrogen-bond acceptors (Lipinski definition) is 1. The van der Waals surface area contributed by atoms with Crippen molar-refractivity contribution in [3.05, 3.63) is 0 Å². The fourth-order valence-electron chi connectivity index (χ4n) is 0. The van der Waals surface area contributed by atoms with Gasteiger partial charge in [0.15, 0.2) is 0 Å². The van der Waals surface area contributed by atoms with Gasteiger partial charge in [-0.2, -0.15) is 0 Å². The summed E-state index contributed by atoms with van der Waals surface area (Å²) in [5.41, 5.74) is 0. The van der Waals surface area contributed by atoms with Crippen molar-refractivity contribution in [2.24, 2.45) is 0 Å². The van der Waals surface area contributed by atoms with Gasteiger partial charge in [-0.15, -0.1) is 0 Å². The van der Waals surface area contributed by atoms with E-state index in [0.29, 0.717) is 16.2 Å². The summed E-state index contributed by atoms with van der Waals surface area (Å²) in [6, 6.07) is 0. The molecule has 2 nitrogen and oxygen atoms in total. The number of hydrogen-bond donors (Lipinski definition) is 0. The van der Waals surface area contributed by atoms with Crippen molar-refractivity contribution in [2.45, 2.75) is 0 Å². The molecule has 0 radical (unpaired) electrons.